The zero-order chi connectivity index (χ0) is 19.9. The van der Waals surface area contributed by atoms with Crippen LogP contribution in [0.5, 0.6) is 23.0 Å². The van der Waals surface area contributed by atoms with E-state index in [4.69, 9.17) is 30.5 Å². The molecule has 28 heavy (non-hydrogen) atoms. The van der Waals surface area contributed by atoms with Gasteiger partial charge in [-0.25, -0.2) is 0 Å². The largest absolute Gasteiger partial charge is 0.490 e. The molecule has 1 heterocycles. The van der Waals surface area contributed by atoms with Crippen molar-refractivity contribution in [2.45, 2.75) is 6.92 Å². The third-order valence-corrected chi connectivity index (χ3v) is 3.96. The average molecular weight is 407 g/mol. The van der Waals surface area contributed by atoms with Crippen LogP contribution in [-0.4, -0.2) is 38.2 Å². The molecule has 8 nitrogen and oxygen atoms in total. The van der Waals surface area contributed by atoms with Crippen LogP contribution in [0.15, 0.2) is 36.4 Å². The van der Waals surface area contributed by atoms with Crippen molar-refractivity contribution in [3.8, 4) is 23.0 Å². The van der Waals surface area contributed by atoms with E-state index in [-0.39, 0.29) is 17.2 Å². The molecule has 2 aromatic carbocycles. The second-order valence-electron chi connectivity index (χ2n) is 5.65. The number of halogens is 1. The van der Waals surface area contributed by atoms with E-state index in [2.05, 4.69) is 10.9 Å². The van der Waals surface area contributed by atoms with Crippen molar-refractivity contribution >= 4 is 23.4 Å². The fourth-order valence-corrected chi connectivity index (χ4v) is 2.73. The Bertz CT molecular complexity index is 873. The average Bonchev–Trinajstić information content (AvgIpc) is 2.71. The smallest absolute Gasteiger partial charge is 0.276 e. The number of hydrogen-bond acceptors (Lipinski definition) is 6. The van der Waals surface area contributed by atoms with E-state index in [1.807, 2.05) is 6.92 Å². The number of hydrazine groups is 1. The van der Waals surface area contributed by atoms with Crippen molar-refractivity contribution in [3.05, 3.63) is 47.0 Å². The minimum atomic E-state index is -0.554. The van der Waals surface area contributed by atoms with Crippen molar-refractivity contribution < 1.29 is 28.5 Å². The van der Waals surface area contributed by atoms with Crippen LogP contribution in [0.2, 0.25) is 5.02 Å². The molecule has 0 aromatic heterocycles. The number of para-hydroxylation sites is 2. The lowest BCUT2D eigenvalue weighted by atomic mass is 10.2. The predicted molar refractivity (Wildman–Crippen MR) is 101 cm³/mol. The van der Waals surface area contributed by atoms with Gasteiger partial charge in [-0.15, -0.1) is 0 Å². The number of amides is 2. The van der Waals surface area contributed by atoms with E-state index in [0.717, 1.165) is 0 Å². The molecule has 0 unspecified atom stereocenters. The number of carbonyl (C=O) groups is 2. The van der Waals surface area contributed by atoms with Crippen molar-refractivity contribution in [3.63, 3.8) is 0 Å². The van der Waals surface area contributed by atoms with Crippen LogP contribution in [0.1, 0.15) is 17.3 Å². The third-order valence-electron chi connectivity index (χ3n) is 3.68. The zero-order valence-electron chi connectivity index (χ0n) is 15.1. The van der Waals surface area contributed by atoms with Gasteiger partial charge in [-0.2, -0.15) is 0 Å². The molecular formula is C19H19ClN2O6. The molecule has 0 fully saturated rings. The molecule has 0 saturated carbocycles. The van der Waals surface area contributed by atoms with Gasteiger partial charge in [0.1, 0.15) is 13.2 Å². The molecule has 0 bridgehead atoms. The molecule has 2 N–H and O–H groups in total. The molecule has 0 radical (unpaired) electrons. The number of fused-ring (bicyclic) bond motifs is 1. The highest BCUT2D eigenvalue weighted by Gasteiger charge is 2.19. The van der Waals surface area contributed by atoms with Crippen molar-refractivity contribution in [1.29, 1.82) is 0 Å². The first-order chi connectivity index (χ1) is 13.6. The summed E-state index contributed by atoms with van der Waals surface area (Å²) in [6.45, 7) is 2.78. The Balaban J connectivity index is 1.53. The summed E-state index contributed by atoms with van der Waals surface area (Å²) in [5, 5.41) is 0.254. The van der Waals surface area contributed by atoms with Crippen molar-refractivity contribution in [2.24, 2.45) is 0 Å². The van der Waals surface area contributed by atoms with Gasteiger partial charge < -0.3 is 18.9 Å². The van der Waals surface area contributed by atoms with Gasteiger partial charge in [0.15, 0.2) is 29.6 Å². The summed E-state index contributed by atoms with van der Waals surface area (Å²) < 4.78 is 21.7. The molecule has 1 aliphatic rings. The SMILES string of the molecule is CCOc1ccccc1OCC(=O)NNC(=O)c1cc(Cl)c2c(c1)OCCO2. The second kappa shape index (κ2) is 9.18. The van der Waals surface area contributed by atoms with Crippen LogP contribution in [0.25, 0.3) is 0 Å². The quantitative estimate of drug-likeness (QED) is 0.715. The van der Waals surface area contributed by atoms with Gasteiger partial charge in [0.25, 0.3) is 11.8 Å². The summed E-state index contributed by atoms with van der Waals surface area (Å²) in [4.78, 5) is 24.2. The van der Waals surface area contributed by atoms with Crippen molar-refractivity contribution in [1.82, 2.24) is 10.9 Å². The fourth-order valence-electron chi connectivity index (χ4n) is 2.46. The molecule has 2 amide bonds. The summed E-state index contributed by atoms with van der Waals surface area (Å²) in [5.41, 5.74) is 4.81. The Morgan fingerprint density at radius 2 is 1.79 bits per heavy atom. The second-order valence-corrected chi connectivity index (χ2v) is 6.06. The van der Waals surface area contributed by atoms with Crippen LogP contribution in [0, 0.1) is 0 Å². The lowest BCUT2D eigenvalue weighted by Crippen LogP contribution is -2.43. The molecule has 1 aliphatic heterocycles. The van der Waals surface area contributed by atoms with Crippen molar-refractivity contribution in [2.75, 3.05) is 26.4 Å². The Kier molecular flexibility index (Phi) is 6.44. The molecule has 0 saturated heterocycles. The Hall–Kier alpha value is -3.13. The zero-order valence-corrected chi connectivity index (χ0v) is 15.9. The highest BCUT2D eigenvalue weighted by atomic mass is 35.5. The number of hydrogen-bond donors (Lipinski definition) is 2. The van der Waals surface area contributed by atoms with E-state index < -0.39 is 11.8 Å². The topological polar surface area (TPSA) is 95.1 Å². The van der Waals surface area contributed by atoms with E-state index >= 15 is 0 Å². The van der Waals surface area contributed by atoms with Crippen LogP contribution >= 0.6 is 11.6 Å². The molecule has 0 atom stereocenters. The van der Waals surface area contributed by atoms with E-state index in [1.54, 1.807) is 24.3 Å². The summed E-state index contributed by atoms with van der Waals surface area (Å²) in [7, 11) is 0. The lowest BCUT2D eigenvalue weighted by Gasteiger charge is -2.20. The van der Waals surface area contributed by atoms with Gasteiger partial charge in [-0.3, -0.25) is 20.4 Å². The minimum absolute atomic E-state index is 0.220. The van der Waals surface area contributed by atoms with Gasteiger partial charge in [0.2, 0.25) is 0 Å². The lowest BCUT2D eigenvalue weighted by molar-refractivity contribution is -0.123. The maximum atomic E-state index is 12.3. The highest BCUT2D eigenvalue weighted by molar-refractivity contribution is 6.32. The van der Waals surface area contributed by atoms with Crippen LogP contribution < -0.4 is 29.8 Å². The van der Waals surface area contributed by atoms with Gasteiger partial charge in [-0.05, 0) is 31.2 Å². The Morgan fingerprint density at radius 1 is 1.07 bits per heavy atom. The van der Waals surface area contributed by atoms with Crippen LogP contribution in [0.4, 0.5) is 0 Å². The monoisotopic (exact) mass is 406 g/mol. The molecule has 148 valence electrons. The maximum absolute atomic E-state index is 12.3. The number of carbonyl (C=O) groups excluding carboxylic acids is 2. The van der Waals surface area contributed by atoms with Crippen LogP contribution in [0.3, 0.4) is 0 Å². The van der Waals surface area contributed by atoms with Gasteiger partial charge in [0, 0.05) is 5.56 Å². The minimum Gasteiger partial charge on any atom is -0.490 e. The molecule has 0 spiro atoms. The van der Waals surface area contributed by atoms with E-state index in [9.17, 15) is 9.59 Å². The standard InChI is InChI=1S/C19H19ClN2O6/c1-2-25-14-5-3-4-6-15(14)28-11-17(23)21-22-19(24)12-9-13(20)18-16(10-12)26-7-8-27-18/h3-6,9-10H,2,7-8,11H2,1H3,(H,21,23)(H,22,24). The summed E-state index contributed by atoms with van der Waals surface area (Å²) in [6.07, 6.45) is 0. The Labute approximate surface area is 166 Å². The van der Waals surface area contributed by atoms with Gasteiger partial charge >= 0.3 is 0 Å². The Morgan fingerprint density at radius 3 is 2.54 bits per heavy atom. The molecule has 2 aromatic rings. The first kappa shape index (κ1) is 19.6. The molecule has 9 heteroatoms. The summed E-state index contributed by atoms with van der Waals surface area (Å²) >= 11 is 6.11. The first-order valence-electron chi connectivity index (χ1n) is 8.61. The molecule has 0 aliphatic carbocycles. The molecular weight excluding hydrogens is 388 g/mol. The van der Waals surface area contributed by atoms with Gasteiger partial charge in [0.05, 0.1) is 11.6 Å². The number of rotatable bonds is 6. The maximum Gasteiger partial charge on any atom is 0.276 e. The number of nitrogens with one attached hydrogen (secondary N) is 2. The predicted octanol–water partition coefficient (Wildman–Crippen LogP) is 2.35. The fraction of sp³-hybridized carbons (Fsp3) is 0.263. The number of benzene rings is 2. The highest BCUT2D eigenvalue weighted by Crippen LogP contribution is 2.38. The number of ether oxygens (including phenoxy) is 4. The summed E-state index contributed by atoms with van der Waals surface area (Å²) in [6, 6.07) is 9.93. The van der Waals surface area contributed by atoms with Gasteiger partial charge in [-0.1, -0.05) is 23.7 Å². The first-order valence-corrected chi connectivity index (χ1v) is 8.99. The normalized spacial score (nSPS) is 12.1. The van der Waals surface area contributed by atoms with E-state index in [1.165, 1.54) is 12.1 Å². The van der Waals surface area contributed by atoms with E-state index in [0.29, 0.717) is 42.8 Å². The van der Waals surface area contributed by atoms with Crippen LogP contribution in [-0.2, 0) is 4.79 Å². The molecule has 3 rings (SSSR count). The third kappa shape index (κ3) is 4.77. The summed E-state index contributed by atoms with van der Waals surface area (Å²) in [5.74, 6) is 0.656.